The SMILES string of the molecule is N#Cc1ccc([N+](=O)[O-])c(C=O)c1C(=O)CCl. The lowest BCUT2D eigenvalue weighted by molar-refractivity contribution is -0.385. The zero-order valence-electron chi connectivity index (χ0n) is 8.34. The summed E-state index contributed by atoms with van der Waals surface area (Å²) in [7, 11) is 0. The number of rotatable bonds is 4. The van der Waals surface area contributed by atoms with Crippen molar-refractivity contribution in [2.24, 2.45) is 0 Å². The third-order valence-corrected chi connectivity index (χ3v) is 2.30. The highest BCUT2D eigenvalue weighted by atomic mass is 35.5. The van der Waals surface area contributed by atoms with Gasteiger partial charge in [-0.3, -0.25) is 19.7 Å². The van der Waals surface area contributed by atoms with Gasteiger partial charge in [-0.15, -0.1) is 11.6 Å². The Morgan fingerprint density at radius 3 is 2.65 bits per heavy atom. The molecule has 0 saturated carbocycles. The monoisotopic (exact) mass is 252 g/mol. The second-order valence-electron chi connectivity index (χ2n) is 2.96. The molecule has 6 nitrogen and oxygen atoms in total. The molecule has 0 aliphatic heterocycles. The van der Waals surface area contributed by atoms with E-state index in [-0.39, 0.29) is 17.4 Å². The van der Waals surface area contributed by atoms with Gasteiger partial charge in [0, 0.05) is 6.07 Å². The summed E-state index contributed by atoms with van der Waals surface area (Å²) in [6.45, 7) is 0. The Morgan fingerprint density at radius 2 is 2.24 bits per heavy atom. The average Bonchev–Trinajstić information content (AvgIpc) is 2.35. The van der Waals surface area contributed by atoms with E-state index in [4.69, 9.17) is 16.9 Å². The molecule has 1 aromatic carbocycles. The highest BCUT2D eigenvalue weighted by Crippen LogP contribution is 2.24. The highest BCUT2D eigenvalue weighted by molar-refractivity contribution is 6.31. The fourth-order valence-electron chi connectivity index (χ4n) is 1.35. The molecule has 0 N–H and O–H groups in total. The van der Waals surface area contributed by atoms with E-state index in [2.05, 4.69) is 0 Å². The number of alkyl halides is 1. The van der Waals surface area contributed by atoms with Crippen LogP contribution in [-0.2, 0) is 0 Å². The minimum absolute atomic E-state index is 0.108. The number of ketones is 1. The van der Waals surface area contributed by atoms with Crippen LogP contribution in [0.5, 0.6) is 0 Å². The summed E-state index contributed by atoms with van der Waals surface area (Å²) in [5, 5.41) is 19.4. The van der Waals surface area contributed by atoms with E-state index >= 15 is 0 Å². The minimum atomic E-state index is -0.796. The molecule has 17 heavy (non-hydrogen) atoms. The van der Waals surface area contributed by atoms with Gasteiger partial charge in [0.05, 0.1) is 28.0 Å². The van der Waals surface area contributed by atoms with Crippen molar-refractivity contribution in [3.63, 3.8) is 0 Å². The Labute approximate surface area is 101 Å². The van der Waals surface area contributed by atoms with E-state index in [1.54, 1.807) is 6.07 Å². The maximum absolute atomic E-state index is 11.5. The lowest BCUT2D eigenvalue weighted by Gasteiger charge is -2.04. The molecule has 0 radical (unpaired) electrons. The van der Waals surface area contributed by atoms with Crippen molar-refractivity contribution in [2.45, 2.75) is 0 Å². The predicted molar refractivity (Wildman–Crippen MR) is 58.2 cm³/mol. The molecular formula is C10H5ClN2O4. The number of Topliss-reactive ketones (excluding diaryl/α,β-unsaturated/α-hetero) is 1. The summed E-state index contributed by atoms with van der Waals surface area (Å²) in [5.41, 5.74) is -1.35. The van der Waals surface area contributed by atoms with Crippen LogP contribution in [0.3, 0.4) is 0 Å². The molecule has 0 amide bonds. The van der Waals surface area contributed by atoms with Crippen molar-refractivity contribution in [1.29, 1.82) is 5.26 Å². The van der Waals surface area contributed by atoms with Gasteiger partial charge in [0.1, 0.15) is 5.56 Å². The predicted octanol–water partition coefficient (Wildman–Crippen LogP) is 1.70. The molecule has 0 unspecified atom stereocenters. The van der Waals surface area contributed by atoms with Crippen LogP contribution in [-0.4, -0.2) is 22.9 Å². The fourth-order valence-corrected chi connectivity index (χ4v) is 1.48. The van der Waals surface area contributed by atoms with E-state index in [1.807, 2.05) is 0 Å². The standard InChI is InChI=1S/C10H5ClN2O4/c11-3-9(15)10-6(4-12)1-2-8(13(16)17)7(10)5-14/h1-2,5H,3H2. The first-order valence-electron chi connectivity index (χ1n) is 4.32. The number of nitriles is 1. The number of nitrogens with zero attached hydrogens (tertiary/aromatic N) is 2. The zero-order chi connectivity index (χ0) is 13.0. The summed E-state index contributed by atoms with van der Waals surface area (Å²) >= 11 is 5.33. The third-order valence-electron chi connectivity index (χ3n) is 2.06. The molecule has 7 heteroatoms. The van der Waals surface area contributed by atoms with Crippen LogP contribution in [0.4, 0.5) is 5.69 Å². The molecule has 0 fully saturated rings. The van der Waals surface area contributed by atoms with Crippen molar-refractivity contribution in [3.05, 3.63) is 38.9 Å². The lowest BCUT2D eigenvalue weighted by Crippen LogP contribution is -2.10. The maximum Gasteiger partial charge on any atom is 0.280 e. The number of aldehydes is 1. The van der Waals surface area contributed by atoms with E-state index < -0.39 is 27.8 Å². The number of carbonyl (C=O) groups excluding carboxylic acids is 2. The topological polar surface area (TPSA) is 101 Å². The van der Waals surface area contributed by atoms with Gasteiger partial charge in [-0.2, -0.15) is 5.26 Å². The first kappa shape index (κ1) is 12.8. The smallest absolute Gasteiger partial charge is 0.280 e. The van der Waals surface area contributed by atoms with E-state index in [1.165, 1.54) is 0 Å². The molecule has 0 atom stereocenters. The molecule has 0 aliphatic carbocycles. The Hall–Kier alpha value is -2.26. The Bertz CT molecular complexity index is 548. The van der Waals surface area contributed by atoms with Crippen molar-refractivity contribution >= 4 is 29.4 Å². The van der Waals surface area contributed by atoms with Crippen molar-refractivity contribution in [1.82, 2.24) is 0 Å². The van der Waals surface area contributed by atoms with Gasteiger partial charge >= 0.3 is 0 Å². The summed E-state index contributed by atoms with van der Waals surface area (Å²) in [6.07, 6.45) is 0.179. The molecule has 0 aromatic heterocycles. The number of nitro groups is 1. The number of nitro benzene ring substituents is 1. The first-order valence-corrected chi connectivity index (χ1v) is 4.86. The highest BCUT2D eigenvalue weighted by Gasteiger charge is 2.24. The molecule has 1 aromatic rings. The number of benzene rings is 1. The van der Waals surface area contributed by atoms with Crippen molar-refractivity contribution < 1.29 is 14.5 Å². The van der Waals surface area contributed by atoms with Gasteiger partial charge in [0.2, 0.25) is 0 Å². The van der Waals surface area contributed by atoms with Crippen LogP contribution < -0.4 is 0 Å². The lowest BCUT2D eigenvalue weighted by atomic mass is 9.97. The summed E-state index contributed by atoms with van der Waals surface area (Å²) in [6, 6.07) is 3.81. The van der Waals surface area contributed by atoms with Gasteiger partial charge in [-0.05, 0) is 6.07 Å². The second kappa shape index (κ2) is 5.18. The van der Waals surface area contributed by atoms with Gasteiger partial charge in [-0.1, -0.05) is 0 Å². The van der Waals surface area contributed by atoms with Crippen LogP contribution in [0.2, 0.25) is 0 Å². The van der Waals surface area contributed by atoms with Gasteiger partial charge < -0.3 is 0 Å². The minimum Gasteiger partial charge on any atom is -0.298 e. The van der Waals surface area contributed by atoms with Crippen LogP contribution in [0.15, 0.2) is 12.1 Å². The Balaban J connectivity index is 3.67. The second-order valence-corrected chi connectivity index (χ2v) is 3.23. The fraction of sp³-hybridized carbons (Fsp3) is 0.100. The van der Waals surface area contributed by atoms with Gasteiger partial charge in [-0.25, -0.2) is 0 Å². The van der Waals surface area contributed by atoms with Gasteiger partial charge in [0.25, 0.3) is 5.69 Å². The number of carbonyl (C=O) groups is 2. The average molecular weight is 253 g/mol. The first-order chi connectivity index (χ1) is 8.06. The van der Waals surface area contributed by atoms with Crippen LogP contribution >= 0.6 is 11.6 Å². The molecule has 0 spiro atoms. The molecular weight excluding hydrogens is 248 g/mol. The van der Waals surface area contributed by atoms with E-state index in [0.717, 1.165) is 12.1 Å². The third kappa shape index (κ3) is 2.29. The molecule has 1 rings (SSSR count). The maximum atomic E-state index is 11.5. The largest absolute Gasteiger partial charge is 0.298 e. The molecule has 86 valence electrons. The number of hydrogen-bond acceptors (Lipinski definition) is 5. The zero-order valence-corrected chi connectivity index (χ0v) is 9.10. The van der Waals surface area contributed by atoms with Crippen LogP contribution in [0, 0.1) is 21.4 Å². The van der Waals surface area contributed by atoms with Crippen molar-refractivity contribution in [3.8, 4) is 6.07 Å². The molecule has 0 aliphatic rings. The molecule has 0 bridgehead atoms. The van der Waals surface area contributed by atoms with E-state index in [0.29, 0.717) is 0 Å². The number of hydrogen-bond donors (Lipinski definition) is 0. The quantitative estimate of drug-likeness (QED) is 0.267. The summed E-state index contributed by atoms with van der Waals surface area (Å²) in [5.74, 6) is -1.16. The van der Waals surface area contributed by atoms with Gasteiger partial charge in [0.15, 0.2) is 12.1 Å². The normalized spacial score (nSPS) is 9.41. The number of halogens is 1. The van der Waals surface area contributed by atoms with Crippen LogP contribution in [0.1, 0.15) is 26.3 Å². The summed E-state index contributed by atoms with van der Waals surface area (Å²) < 4.78 is 0. The van der Waals surface area contributed by atoms with Crippen LogP contribution in [0.25, 0.3) is 0 Å². The molecule has 0 saturated heterocycles. The Kier molecular flexibility index (Phi) is 3.91. The summed E-state index contributed by atoms with van der Waals surface area (Å²) in [4.78, 5) is 32.2. The molecule has 0 heterocycles. The Morgan fingerprint density at radius 1 is 1.59 bits per heavy atom. The van der Waals surface area contributed by atoms with E-state index in [9.17, 15) is 19.7 Å². The van der Waals surface area contributed by atoms with Crippen molar-refractivity contribution in [2.75, 3.05) is 5.88 Å².